The van der Waals surface area contributed by atoms with Gasteiger partial charge in [0.2, 0.25) is 0 Å². The molecule has 0 radical (unpaired) electrons. The summed E-state index contributed by atoms with van der Waals surface area (Å²) in [5.74, 6) is 0.620. The molecule has 1 fully saturated rings. The minimum Gasteiger partial charge on any atom is -0.353 e. The quantitative estimate of drug-likeness (QED) is 0.563. The number of benzene rings is 1. The lowest BCUT2D eigenvalue weighted by molar-refractivity contribution is -0.385. The maximum absolute atomic E-state index is 12.8. The summed E-state index contributed by atoms with van der Waals surface area (Å²) in [5.41, 5.74) is 2.16. The Bertz CT molecular complexity index is 864. The first kappa shape index (κ1) is 18.3. The maximum atomic E-state index is 12.8. The molecule has 0 spiro atoms. The highest BCUT2D eigenvalue weighted by molar-refractivity contribution is 9.10. The van der Waals surface area contributed by atoms with E-state index in [1.165, 1.54) is 12.1 Å². The van der Waals surface area contributed by atoms with Crippen LogP contribution in [0.5, 0.6) is 0 Å². The Hall–Kier alpha value is -2.48. The van der Waals surface area contributed by atoms with Crippen LogP contribution in [0.4, 0.5) is 11.5 Å². The molecule has 1 aromatic carbocycles. The van der Waals surface area contributed by atoms with Gasteiger partial charge in [-0.25, -0.2) is 4.98 Å². The highest BCUT2D eigenvalue weighted by Crippen LogP contribution is 2.26. The molecule has 1 aliphatic heterocycles. The van der Waals surface area contributed by atoms with Crippen molar-refractivity contribution in [3.8, 4) is 0 Å². The number of nitro groups is 1. The second-order valence-corrected chi connectivity index (χ2v) is 7.27. The van der Waals surface area contributed by atoms with Gasteiger partial charge in [-0.1, -0.05) is 22.0 Å². The molecule has 1 aliphatic rings. The Balaban J connectivity index is 1.74. The number of hydrogen-bond donors (Lipinski definition) is 0. The fraction of sp³-hybridized carbons (Fsp3) is 0.333. The van der Waals surface area contributed by atoms with Gasteiger partial charge in [0, 0.05) is 42.9 Å². The second kappa shape index (κ2) is 7.41. The Morgan fingerprint density at radius 3 is 2.50 bits per heavy atom. The summed E-state index contributed by atoms with van der Waals surface area (Å²) in [4.78, 5) is 31.8. The van der Waals surface area contributed by atoms with Gasteiger partial charge in [-0.05, 0) is 37.1 Å². The van der Waals surface area contributed by atoms with Crippen molar-refractivity contribution in [2.75, 3.05) is 31.1 Å². The normalized spacial score (nSPS) is 14.4. The zero-order valence-corrected chi connectivity index (χ0v) is 16.2. The van der Waals surface area contributed by atoms with Gasteiger partial charge >= 0.3 is 0 Å². The smallest absolute Gasteiger partial charge is 0.283 e. The van der Waals surface area contributed by atoms with Crippen LogP contribution in [0.2, 0.25) is 0 Å². The third kappa shape index (κ3) is 3.70. The summed E-state index contributed by atoms with van der Waals surface area (Å²) < 4.78 is 0.575. The predicted octanol–water partition coefficient (Wildman–Crippen LogP) is 3.33. The summed E-state index contributed by atoms with van der Waals surface area (Å²) >= 11 is 3.21. The first-order valence-electron chi connectivity index (χ1n) is 8.28. The van der Waals surface area contributed by atoms with E-state index < -0.39 is 4.92 Å². The van der Waals surface area contributed by atoms with E-state index in [2.05, 4.69) is 31.9 Å². The molecule has 0 saturated carbocycles. The highest BCUT2D eigenvalue weighted by atomic mass is 79.9. The van der Waals surface area contributed by atoms with Crippen LogP contribution in [-0.2, 0) is 0 Å². The molecule has 136 valence electrons. The van der Waals surface area contributed by atoms with Crippen molar-refractivity contribution < 1.29 is 9.72 Å². The number of pyridine rings is 1. The topological polar surface area (TPSA) is 79.6 Å². The van der Waals surface area contributed by atoms with Crippen LogP contribution >= 0.6 is 15.9 Å². The number of rotatable bonds is 3. The number of carbonyl (C=O) groups is 1. The lowest BCUT2D eigenvalue weighted by atomic mass is 10.1. The van der Waals surface area contributed by atoms with E-state index in [0.717, 1.165) is 16.9 Å². The Labute approximate surface area is 159 Å². The van der Waals surface area contributed by atoms with E-state index in [1.807, 2.05) is 20.0 Å². The van der Waals surface area contributed by atoms with Crippen LogP contribution < -0.4 is 4.90 Å². The van der Waals surface area contributed by atoms with Crippen molar-refractivity contribution in [3.63, 3.8) is 0 Å². The van der Waals surface area contributed by atoms with Gasteiger partial charge in [-0.3, -0.25) is 14.9 Å². The molecule has 3 rings (SSSR count). The number of halogens is 1. The molecule has 1 saturated heterocycles. The van der Waals surface area contributed by atoms with Crippen LogP contribution in [0.3, 0.4) is 0 Å². The van der Waals surface area contributed by atoms with E-state index in [0.29, 0.717) is 30.7 Å². The number of aromatic nitrogens is 1. The molecular formula is C18H19BrN4O3. The maximum Gasteiger partial charge on any atom is 0.283 e. The predicted molar refractivity (Wildman–Crippen MR) is 103 cm³/mol. The average molecular weight is 419 g/mol. The van der Waals surface area contributed by atoms with Crippen molar-refractivity contribution in [1.82, 2.24) is 9.88 Å². The number of nitrogens with zero attached hydrogens (tertiary/aromatic N) is 4. The SMILES string of the molecule is Cc1cnc(N2CCN(C(=O)c3ccc(Br)cc3[N+](=O)[O-])CC2)c(C)c1. The highest BCUT2D eigenvalue weighted by Gasteiger charge is 2.28. The Kier molecular flexibility index (Phi) is 5.22. The zero-order valence-electron chi connectivity index (χ0n) is 14.6. The first-order valence-corrected chi connectivity index (χ1v) is 9.07. The Morgan fingerprint density at radius 2 is 1.88 bits per heavy atom. The summed E-state index contributed by atoms with van der Waals surface area (Å²) in [7, 11) is 0. The van der Waals surface area contributed by atoms with Crippen LogP contribution in [0.15, 0.2) is 34.9 Å². The number of nitro benzene ring substituents is 1. The van der Waals surface area contributed by atoms with E-state index in [9.17, 15) is 14.9 Å². The molecule has 0 N–H and O–H groups in total. The van der Waals surface area contributed by atoms with Gasteiger partial charge in [-0.2, -0.15) is 0 Å². The number of amides is 1. The van der Waals surface area contributed by atoms with Crippen molar-refractivity contribution in [1.29, 1.82) is 0 Å². The molecular weight excluding hydrogens is 400 g/mol. The Morgan fingerprint density at radius 1 is 1.19 bits per heavy atom. The van der Waals surface area contributed by atoms with Crippen molar-refractivity contribution in [2.24, 2.45) is 0 Å². The summed E-state index contributed by atoms with van der Waals surface area (Å²) in [6.07, 6.45) is 1.84. The van der Waals surface area contributed by atoms with Gasteiger partial charge in [-0.15, -0.1) is 0 Å². The summed E-state index contributed by atoms with van der Waals surface area (Å²) in [6.45, 7) is 6.32. The van der Waals surface area contributed by atoms with Crippen LogP contribution in [0.1, 0.15) is 21.5 Å². The number of anilines is 1. The number of carbonyl (C=O) groups excluding carboxylic acids is 1. The van der Waals surface area contributed by atoms with E-state index in [-0.39, 0.29) is 17.2 Å². The first-order chi connectivity index (χ1) is 12.4. The molecule has 1 amide bonds. The van der Waals surface area contributed by atoms with Crippen molar-refractivity contribution in [3.05, 3.63) is 61.7 Å². The number of piperazine rings is 1. The fourth-order valence-corrected chi connectivity index (χ4v) is 3.52. The van der Waals surface area contributed by atoms with Crippen LogP contribution in [-0.4, -0.2) is 46.9 Å². The minimum atomic E-state index is -0.520. The van der Waals surface area contributed by atoms with E-state index in [1.54, 1.807) is 11.0 Å². The van der Waals surface area contributed by atoms with Crippen molar-refractivity contribution in [2.45, 2.75) is 13.8 Å². The van der Waals surface area contributed by atoms with Gasteiger partial charge in [0.15, 0.2) is 0 Å². The molecule has 7 nitrogen and oxygen atoms in total. The molecule has 0 aliphatic carbocycles. The lowest BCUT2D eigenvalue weighted by Crippen LogP contribution is -2.49. The van der Waals surface area contributed by atoms with E-state index >= 15 is 0 Å². The third-order valence-electron chi connectivity index (χ3n) is 4.44. The van der Waals surface area contributed by atoms with Gasteiger partial charge < -0.3 is 9.80 Å². The molecule has 0 atom stereocenters. The molecule has 2 heterocycles. The third-order valence-corrected chi connectivity index (χ3v) is 4.93. The van der Waals surface area contributed by atoms with Gasteiger partial charge in [0.1, 0.15) is 11.4 Å². The number of aryl methyl sites for hydroxylation is 2. The lowest BCUT2D eigenvalue weighted by Gasteiger charge is -2.36. The van der Waals surface area contributed by atoms with Gasteiger partial charge in [0.25, 0.3) is 11.6 Å². The zero-order chi connectivity index (χ0) is 18.8. The summed E-state index contributed by atoms with van der Waals surface area (Å²) in [5, 5.41) is 11.3. The standard InChI is InChI=1S/C18H19BrN4O3/c1-12-9-13(2)17(20-11-12)21-5-7-22(8-6-21)18(24)15-4-3-14(19)10-16(15)23(25)26/h3-4,9-11H,5-8H2,1-2H3. The fourth-order valence-electron chi connectivity index (χ4n) is 3.17. The summed E-state index contributed by atoms with van der Waals surface area (Å²) in [6, 6.07) is 6.60. The molecule has 2 aromatic rings. The molecule has 0 unspecified atom stereocenters. The monoisotopic (exact) mass is 418 g/mol. The molecule has 0 bridgehead atoms. The van der Waals surface area contributed by atoms with Gasteiger partial charge in [0.05, 0.1) is 4.92 Å². The average Bonchev–Trinajstić information content (AvgIpc) is 2.61. The number of hydrogen-bond acceptors (Lipinski definition) is 5. The van der Waals surface area contributed by atoms with E-state index in [4.69, 9.17) is 0 Å². The van der Waals surface area contributed by atoms with Crippen LogP contribution in [0, 0.1) is 24.0 Å². The second-order valence-electron chi connectivity index (χ2n) is 6.35. The largest absolute Gasteiger partial charge is 0.353 e. The molecule has 1 aromatic heterocycles. The molecule has 8 heteroatoms. The molecule has 26 heavy (non-hydrogen) atoms. The van der Waals surface area contributed by atoms with Crippen LogP contribution in [0.25, 0.3) is 0 Å². The van der Waals surface area contributed by atoms with Crippen molar-refractivity contribution >= 4 is 33.3 Å². The minimum absolute atomic E-state index is 0.122.